The van der Waals surface area contributed by atoms with Crippen molar-refractivity contribution in [3.05, 3.63) is 59.7 Å². The Morgan fingerprint density at radius 2 is 1.58 bits per heavy atom. The van der Waals surface area contributed by atoms with Gasteiger partial charge in [-0.3, -0.25) is 9.59 Å². The normalized spacial score (nSPS) is 14.5. The van der Waals surface area contributed by atoms with Gasteiger partial charge in [-0.2, -0.15) is 13.2 Å². The summed E-state index contributed by atoms with van der Waals surface area (Å²) in [4.78, 5) is 34.8. The maximum atomic E-state index is 13.3. The lowest BCUT2D eigenvalue weighted by molar-refractivity contribution is -0.181. The van der Waals surface area contributed by atoms with Gasteiger partial charge < -0.3 is 20.5 Å². The third-order valence-electron chi connectivity index (χ3n) is 5.38. The number of carbonyl (C=O) groups is 3. The minimum absolute atomic E-state index is 0.0849. The zero-order valence-electron chi connectivity index (χ0n) is 17.7. The Labute approximate surface area is 187 Å². The molecule has 0 saturated heterocycles. The van der Waals surface area contributed by atoms with E-state index >= 15 is 0 Å². The number of rotatable bonds is 8. The number of hydrogen-bond acceptors (Lipinski definition) is 4. The summed E-state index contributed by atoms with van der Waals surface area (Å²) in [6.45, 7) is 0.155. The summed E-state index contributed by atoms with van der Waals surface area (Å²) < 4.78 is 45.2. The van der Waals surface area contributed by atoms with Gasteiger partial charge in [-0.15, -0.1) is 0 Å². The van der Waals surface area contributed by atoms with Crippen LogP contribution in [0.1, 0.15) is 30.4 Å². The summed E-state index contributed by atoms with van der Waals surface area (Å²) in [7, 11) is 0. The molecule has 2 atom stereocenters. The van der Waals surface area contributed by atoms with E-state index in [1.807, 2.05) is 59.2 Å². The van der Waals surface area contributed by atoms with E-state index in [0.717, 1.165) is 22.3 Å². The first-order valence-corrected chi connectivity index (χ1v) is 10.3. The average molecular weight is 464 g/mol. The Hall–Kier alpha value is -3.56. The van der Waals surface area contributed by atoms with Crippen LogP contribution in [0, 0.1) is 5.92 Å². The first-order valence-electron chi connectivity index (χ1n) is 10.3. The second kappa shape index (κ2) is 9.93. The molecule has 3 rings (SSSR count). The summed E-state index contributed by atoms with van der Waals surface area (Å²) >= 11 is 0. The highest BCUT2D eigenvalue weighted by atomic mass is 19.4. The molecule has 0 saturated carbocycles. The lowest BCUT2D eigenvalue weighted by Crippen LogP contribution is -2.48. The summed E-state index contributed by atoms with van der Waals surface area (Å²) in [6, 6.07) is 14.2. The van der Waals surface area contributed by atoms with Crippen LogP contribution in [-0.2, 0) is 14.3 Å². The van der Waals surface area contributed by atoms with Crippen LogP contribution >= 0.6 is 0 Å². The number of amides is 2. The molecule has 0 radical (unpaired) electrons. The molecule has 1 unspecified atom stereocenters. The molecule has 0 fully saturated rings. The molecule has 2 aromatic carbocycles. The SMILES string of the molecule is C[C@@H](CC(=O)O)NC(=O)C(CNC(=O)OCC1c2ccccc2-c2ccccc21)C(F)(F)F. The average Bonchev–Trinajstić information content (AvgIpc) is 3.04. The molecule has 0 heterocycles. The number of benzene rings is 2. The van der Waals surface area contributed by atoms with Crippen molar-refractivity contribution in [1.82, 2.24) is 10.6 Å². The third-order valence-corrected chi connectivity index (χ3v) is 5.38. The number of alkyl halides is 3. The molecule has 33 heavy (non-hydrogen) atoms. The van der Waals surface area contributed by atoms with E-state index in [9.17, 15) is 27.6 Å². The Bertz CT molecular complexity index is 995. The predicted octanol–water partition coefficient (Wildman–Crippen LogP) is 3.68. The van der Waals surface area contributed by atoms with Gasteiger partial charge in [0.15, 0.2) is 5.92 Å². The number of carboxylic acid groups (broad SMARTS) is 1. The molecule has 1 aliphatic carbocycles. The number of carboxylic acids is 1. The Morgan fingerprint density at radius 3 is 2.09 bits per heavy atom. The lowest BCUT2D eigenvalue weighted by Gasteiger charge is -2.22. The van der Waals surface area contributed by atoms with Crippen molar-refractivity contribution >= 4 is 18.0 Å². The second-order valence-electron chi connectivity index (χ2n) is 7.81. The maximum absolute atomic E-state index is 13.3. The number of alkyl carbamates (subject to hydrolysis) is 1. The molecule has 2 aromatic rings. The van der Waals surface area contributed by atoms with E-state index in [4.69, 9.17) is 9.84 Å². The molecular formula is C23H23F3N2O5. The quantitative estimate of drug-likeness (QED) is 0.553. The Kier molecular flexibility index (Phi) is 7.25. The molecule has 3 N–H and O–H groups in total. The molecule has 7 nitrogen and oxygen atoms in total. The summed E-state index contributed by atoms with van der Waals surface area (Å²) in [5.74, 6) is -5.49. The van der Waals surface area contributed by atoms with Crippen molar-refractivity contribution in [2.24, 2.45) is 5.92 Å². The van der Waals surface area contributed by atoms with Gasteiger partial charge in [-0.05, 0) is 29.2 Å². The molecule has 1 aliphatic rings. The van der Waals surface area contributed by atoms with Gasteiger partial charge in [0.05, 0.1) is 6.42 Å². The number of fused-ring (bicyclic) bond motifs is 3. The smallest absolute Gasteiger partial charge is 0.407 e. The summed E-state index contributed by atoms with van der Waals surface area (Å²) in [5, 5.41) is 12.7. The van der Waals surface area contributed by atoms with Gasteiger partial charge in [-0.25, -0.2) is 4.79 Å². The van der Waals surface area contributed by atoms with E-state index in [2.05, 4.69) is 0 Å². The zero-order chi connectivity index (χ0) is 24.2. The van der Waals surface area contributed by atoms with Gasteiger partial charge in [-0.1, -0.05) is 48.5 Å². The minimum atomic E-state index is -4.94. The maximum Gasteiger partial charge on any atom is 0.407 e. The van der Waals surface area contributed by atoms with E-state index < -0.39 is 49.1 Å². The number of nitrogens with one attached hydrogen (secondary N) is 2. The van der Waals surface area contributed by atoms with Crippen LogP contribution in [0.4, 0.5) is 18.0 Å². The number of halogens is 3. The van der Waals surface area contributed by atoms with Crippen LogP contribution in [0.25, 0.3) is 11.1 Å². The standard InChI is InChI=1S/C23H23F3N2O5/c1-13(10-20(29)30)28-21(31)19(23(24,25)26)11-27-22(32)33-12-18-16-8-4-2-6-14(16)15-7-3-5-9-17(15)18/h2-9,13,18-19H,10-12H2,1H3,(H,27,32)(H,28,31)(H,29,30)/t13-,19?/m0/s1. The molecule has 2 amide bonds. The minimum Gasteiger partial charge on any atom is -0.481 e. The van der Waals surface area contributed by atoms with Crippen LogP contribution in [0.15, 0.2) is 48.5 Å². The summed E-state index contributed by atoms with van der Waals surface area (Å²) in [6.07, 6.45) is -6.56. The number of hydrogen-bond donors (Lipinski definition) is 3. The van der Waals surface area contributed by atoms with Gasteiger partial charge in [0.1, 0.15) is 6.61 Å². The third kappa shape index (κ3) is 5.82. The fraction of sp³-hybridized carbons (Fsp3) is 0.348. The molecular weight excluding hydrogens is 441 g/mol. The van der Waals surface area contributed by atoms with Gasteiger partial charge >= 0.3 is 18.2 Å². The van der Waals surface area contributed by atoms with Crippen LogP contribution in [-0.4, -0.2) is 48.4 Å². The molecule has 176 valence electrons. The molecule has 0 aromatic heterocycles. The van der Waals surface area contributed by atoms with Crippen LogP contribution in [0.3, 0.4) is 0 Å². The van der Waals surface area contributed by atoms with Crippen molar-refractivity contribution in [2.45, 2.75) is 31.5 Å². The van der Waals surface area contributed by atoms with Crippen LogP contribution < -0.4 is 10.6 Å². The number of ether oxygens (including phenoxy) is 1. The monoisotopic (exact) mass is 464 g/mol. The molecule has 0 spiro atoms. The fourth-order valence-corrected chi connectivity index (χ4v) is 3.85. The topological polar surface area (TPSA) is 105 Å². The zero-order valence-corrected chi connectivity index (χ0v) is 17.7. The first-order chi connectivity index (χ1) is 15.6. The highest BCUT2D eigenvalue weighted by Crippen LogP contribution is 2.44. The Morgan fingerprint density at radius 1 is 1.03 bits per heavy atom. The summed E-state index contributed by atoms with van der Waals surface area (Å²) in [5.41, 5.74) is 3.91. The van der Waals surface area contributed by atoms with E-state index in [0.29, 0.717) is 0 Å². The van der Waals surface area contributed by atoms with Crippen molar-refractivity contribution in [2.75, 3.05) is 13.2 Å². The molecule has 0 aliphatic heterocycles. The van der Waals surface area contributed by atoms with E-state index in [-0.39, 0.29) is 12.5 Å². The van der Waals surface area contributed by atoms with Gasteiger partial charge in [0.25, 0.3) is 0 Å². The number of carbonyl (C=O) groups excluding carboxylic acids is 2. The second-order valence-corrected chi connectivity index (χ2v) is 7.81. The predicted molar refractivity (Wildman–Crippen MR) is 112 cm³/mol. The largest absolute Gasteiger partial charge is 0.481 e. The van der Waals surface area contributed by atoms with Crippen molar-refractivity contribution < 1.29 is 37.4 Å². The molecule has 10 heteroatoms. The lowest BCUT2D eigenvalue weighted by atomic mass is 9.98. The first kappa shape index (κ1) is 24.1. The van der Waals surface area contributed by atoms with Gasteiger partial charge in [0, 0.05) is 18.5 Å². The van der Waals surface area contributed by atoms with Crippen molar-refractivity contribution in [3.63, 3.8) is 0 Å². The van der Waals surface area contributed by atoms with Crippen LogP contribution in [0.5, 0.6) is 0 Å². The highest BCUT2D eigenvalue weighted by molar-refractivity contribution is 5.81. The fourth-order valence-electron chi connectivity index (χ4n) is 3.85. The highest BCUT2D eigenvalue weighted by Gasteiger charge is 2.45. The van der Waals surface area contributed by atoms with Crippen molar-refractivity contribution in [1.29, 1.82) is 0 Å². The molecule has 0 bridgehead atoms. The van der Waals surface area contributed by atoms with E-state index in [1.54, 1.807) is 0 Å². The van der Waals surface area contributed by atoms with Gasteiger partial charge in [0.2, 0.25) is 5.91 Å². The van der Waals surface area contributed by atoms with Crippen LogP contribution in [0.2, 0.25) is 0 Å². The number of aliphatic carboxylic acids is 1. The van der Waals surface area contributed by atoms with Crippen molar-refractivity contribution in [3.8, 4) is 11.1 Å². The van der Waals surface area contributed by atoms with E-state index in [1.165, 1.54) is 6.92 Å². The Balaban J connectivity index is 1.60.